The normalized spacial score (nSPS) is 15.8. The summed E-state index contributed by atoms with van der Waals surface area (Å²) in [6.45, 7) is 0. The van der Waals surface area contributed by atoms with Gasteiger partial charge in [-0.3, -0.25) is 0 Å². The molecule has 0 aromatic rings. The molecule has 0 heterocycles. The smallest absolute Gasteiger partial charge is 0.569 e. The van der Waals surface area contributed by atoms with Gasteiger partial charge in [0.25, 0.3) is 0 Å². The SMILES string of the molecule is [CH-]1CCCC1.[CH2-]O.[Mg+2]. The van der Waals surface area contributed by atoms with Crippen molar-refractivity contribution in [3.05, 3.63) is 13.5 Å². The molecule has 0 spiro atoms. The van der Waals surface area contributed by atoms with Crippen LogP contribution in [0, 0.1) is 13.5 Å². The van der Waals surface area contributed by atoms with E-state index in [0.29, 0.717) is 0 Å². The Kier molecular flexibility index (Phi) is 15.3. The van der Waals surface area contributed by atoms with Crippen molar-refractivity contribution in [2.75, 3.05) is 0 Å². The van der Waals surface area contributed by atoms with Crippen LogP contribution in [-0.2, 0) is 0 Å². The Balaban J connectivity index is 0. The molecule has 1 aliphatic rings. The largest absolute Gasteiger partial charge is 2.00 e. The van der Waals surface area contributed by atoms with Gasteiger partial charge in [-0.25, -0.2) is 7.11 Å². The molecule has 0 atom stereocenters. The van der Waals surface area contributed by atoms with Crippen LogP contribution >= 0.6 is 0 Å². The third kappa shape index (κ3) is 6.73. The zero-order valence-corrected chi connectivity index (χ0v) is 6.68. The first-order valence-electron chi connectivity index (χ1n) is 2.63. The van der Waals surface area contributed by atoms with Crippen molar-refractivity contribution in [3.63, 3.8) is 0 Å². The minimum Gasteiger partial charge on any atom is -0.569 e. The van der Waals surface area contributed by atoms with E-state index in [9.17, 15) is 0 Å². The fourth-order valence-electron chi connectivity index (χ4n) is 0.722. The van der Waals surface area contributed by atoms with E-state index >= 15 is 0 Å². The Bertz CT molecular complexity index is 20.1. The van der Waals surface area contributed by atoms with Gasteiger partial charge in [0.2, 0.25) is 0 Å². The van der Waals surface area contributed by atoms with Crippen LogP contribution in [0.15, 0.2) is 0 Å². The molecular formula is C6H12MgO. The molecule has 1 saturated carbocycles. The summed E-state index contributed by atoms with van der Waals surface area (Å²) in [4.78, 5) is 0. The van der Waals surface area contributed by atoms with Gasteiger partial charge in [-0.05, 0) is 0 Å². The van der Waals surface area contributed by atoms with E-state index in [1.165, 1.54) is 25.7 Å². The van der Waals surface area contributed by atoms with Gasteiger partial charge in [0, 0.05) is 0 Å². The van der Waals surface area contributed by atoms with Crippen molar-refractivity contribution >= 4 is 23.1 Å². The number of hydrogen-bond acceptors (Lipinski definition) is 1. The summed E-state index contributed by atoms with van der Waals surface area (Å²) in [5.74, 6) is 0. The summed E-state index contributed by atoms with van der Waals surface area (Å²) in [5, 5.41) is 6.75. The second kappa shape index (κ2) is 10.7. The maximum absolute atomic E-state index is 6.75. The van der Waals surface area contributed by atoms with E-state index in [1.54, 1.807) is 0 Å². The van der Waals surface area contributed by atoms with Gasteiger partial charge in [0.15, 0.2) is 0 Å². The van der Waals surface area contributed by atoms with Crippen LogP contribution in [0.4, 0.5) is 0 Å². The topological polar surface area (TPSA) is 20.2 Å². The van der Waals surface area contributed by atoms with E-state index in [1.807, 2.05) is 0 Å². The van der Waals surface area contributed by atoms with Gasteiger partial charge in [0.1, 0.15) is 0 Å². The molecule has 2 heteroatoms. The van der Waals surface area contributed by atoms with E-state index in [-0.39, 0.29) is 23.1 Å². The molecular weight excluding hydrogens is 112 g/mol. The van der Waals surface area contributed by atoms with Crippen LogP contribution in [0.2, 0.25) is 0 Å². The van der Waals surface area contributed by atoms with Gasteiger partial charge >= 0.3 is 23.1 Å². The first-order chi connectivity index (χ1) is 3.50. The quantitative estimate of drug-likeness (QED) is 0.384. The summed E-state index contributed by atoms with van der Waals surface area (Å²) in [7, 11) is 2.25. The van der Waals surface area contributed by atoms with Crippen molar-refractivity contribution in [1.29, 1.82) is 0 Å². The molecule has 0 saturated heterocycles. The molecule has 0 bridgehead atoms. The molecule has 0 unspecified atom stereocenters. The average Bonchev–Trinajstić information content (AvgIpc) is 2.23. The van der Waals surface area contributed by atoms with Crippen LogP contribution < -0.4 is 0 Å². The van der Waals surface area contributed by atoms with Gasteiger partial charge in [-0.1, -0.05) is 12.8 Å². The summed E-state index contributed by atoms with van der Waals surface area (Å²) in [5.41, 5.74) is 0. The van der Waals surface area contributed by atoms with Gasteiger partial charge < -0.3 is 11.5 Å². The molecule has 1 fully saturated rings. The van der Waals surface area contributed by atoms with Crippen molar-refractivity contribution in [1.82, 2.24) is 0 Å². The fraction of sp³-hybridized carbons (Fsp3) is 0.667. The van der Waals surface area contributed by atoms with Crippen molar-refractivity contribution in [2.45, 2.75) is 25.7 Å². The monoisotopic (exact) mass is 124 g/mol. The van der Waals surface area contributed by atoms with Crippen LogP contribution in [0.5, 0.6) is 0 Å². The molecule has 0 radical (unpaired) electrons. The van der Waals surface area contributed by atoms with Crippen molar-refractivity contribution < 1.29 is 5.11 Å². The average molecular weight is 124 g/mol. The second-order valence-electron chi connectivity index (χ2n) is 1.57. The van der Waals surface area contributed by atoms with Crippen LogP contribution in [-0.4, -0.2) is 28.2 Å². The molecule has 8 heavy (non-hydrogen) atoms. The minimum absolute atomic E-state index is 0. The standard InChI is InChI=1S/C5H9.CH3O.Mg/c1-2-4-5-3-1;1-2;/h1H,2-5H2;2H,1H2;/q2*-1;+2. The Morgan fingerprint density at radius 3 is 1.62 bits per heavy atom. The molecule has 0 aromatic carbocycles. The maximum atomic E-state index is 6.75. The van der Waals surface area contributed by atoms with E-state index in [2.05, 4.69) is 13.5 Å². The summed E-state index contributed by atoms with van der Waals surface area (Å²) >= 11 is 0. The molecule has 44 valence electrons. The predicted molar refractivity (Wildman–Crippen MR) is 35.8 cm³/mol. The third-order valence-corrected chi connectivity index (χ3v) is 1.07. The Morgan fingerprint density at radius 1 is 1.12 bits per heavy atom. The van der Waals surface area contributed by atoms with Gasteiger partial charge in [-0.2, -0.15) is 12.8 Å². The Hall–Kier alpha value is 0.726. The molecule has 1 rings (SSSR count). The molecule has 1 nitrogen and oxygen atoms in total. The minimum atomic E-state index is 0. The Labute approximate surface area is 67.6 Å². The zero-order chi connectivity index (χ0) is 5.54. The third-order valence-electron chi connectivity index (χ3n) is 1.07. The van der Waals surface area contributed by atoms with E-state index in [4.69, 9.17) is 5.11 Å². The number of aliphatic hydroxyl groups is 1. The van der Waals surface area contributed by atoms with Gasteiger partial charge in [0.05, 0.1) is 0 Å². The number of hydrogen-bond donors (Lipinski definition) is 1. The van der Waals surface area contributed by atoms with Crippen LogP contribution in [0.1, 0.15) is 25.7 Å². The number of aliphatic hydroxyl groups excluding tert-OH is 1. The van der Waals surface area contributed by atoms with Crippen molar-refractivity contribution in [2.24, 2.45) is 0 Å². The van der Waals surface area contributed by atoms with Crippen LogP contribution in [0.25, 0.3) is 0 Å². The van der Waals surface area contributed by atoms with E-state index in [0.717, 1.165) is 0 Å². The molecule has 1 N–H and O–H groups in total. The Morgan fingerprint density at radius 2 is 1.50 bits per heavy atom. The summed E-state index contributed by atoms with van der Waals surface area (Å²) < 4.78 is 0. The van der Waals surface area contributed by atoms with Crippen LogP contribution in [0.3, 0.4) is 0 Å². The molecule has 0 aliphatic heterocycles. The maximum Gasteiger partial charge on any atom is 2.00 e. The molecule has 0 aromatic heterocycles. The summed E-state index contributed by atoms with van der Waals surface area (Å²) in [6.07, 6.45) is 8.00. The second-order valence-corrected chi connectivity index (χ2v) is 1.57. The predicted octanol–water partition coefficient (Wildman–Crippen LogP) is 1.53. The van der Waals surface area contributed by atoms with Gasteiger partial charge in [-0.15, -0.1) is 0 Å². The zero-order valence-electron chi connectivity index (χ0n) is 5.27. The summed E-state index contributed by atoms with van der Waals surface area (Å²) in [6, 6.07) is 0. The fourth-order valence-corrected chi connectivity index (χ4v) is 0.722. The van der Waals surface area contributed by atoms with Crippen molar-refractivity contribution in [3.8, 4) is 0 Å². The number of rotatable bonds is 0. The first kappa shape index (κ1) is 11.5. The van der Waals surface area contributed by atoms with E-state index < -0.39 is 0 Å². The molecule has 0 amide bonds. The first-order valence-corrected chi connectivity index (χ1v) is 2.63. The molecule has 1 aliphatic carbocycles.